The second kappa shape index (κ2) is 9.36. The van der Waals surface area contributed by atoms with Crippen molar-refractivity contribution in [3.8, 4) is 11.5 Å². The average molecular weight is 502 g/mol. The van der Waals surface area contributed by atoms with Crippen molar-refractivity contribution in [2.75, 3.05) is 32.0 Å². The van der Waals surface area contributed by atoms with E-state index in [-0.39, 0.29) is 24.4 Å². The van der Waals surface area contributed by atoms with E-state index < -0.39 is 35.5 Å². The number of ether oxygens (including phenoxy) is 2. The van der Waals surface area contributed by atoms with E-state index in [0.29, 0.717) is 22.7 Å². The molecule has 5 rings (SSSR count). The lowest BCUT2D eigenvalue weighted by atomic mass is 9.96. The maximum absolute atomic E-state index is 13.9. The normalized spacial score (nSPS) is 25.5. The summed E-state index contributed by atoms with van der Waals surface area (Å²) in [5.41, 5.74) is 1.18. The number of hydrogen-bond donors (Lipinski definition) is 3. The lowest BCUT2D eigenvalue weighted by molar-refractivity contribution is -0.140. The second-order valence-electron chi connectivity index (χ2n) is 8.43. The van der Waals surface area contributed by atoms with Gasteiger partial charge >= 0.3 is 6.03 Å². The number of anilines is 1. The number of hydrogen-bond acceptors (Lipinski definition) is 8. The van der Waals surface area contributed by atoms with Gasteiger partial charge in [0.25, 0.3) is 0 Å². The van der Waals surface area contributed by atoms with Gasteiger partial charge in [-0.15, -0.1) is 11.8 Å². The van der Waals surface area contributed by atoms with Crippen molar-refractivity contribution in [2.24, 2.45) is 5.92 Å². The van der Waals surface area contributed by atoms with Gasteiger partial charge in [0, 0.05) is 25.8 Å². The molecule has 12 heteroatoms. The van der Waals surface area contributed by atoms with Crippen LogP contribution in [0.4, 0.5) is 14.9 Å². The molecule has 10 nitrogen and oxygen atoms in total. The zero-order chi connectivity index (χ0) is 24.7. The fraction of sp³-hybridized carbons (Fsp3) is 0.348. The fourth-order valence-electron chi connectivity index (χ4n) is 4.41. The Labute approximate surface area is 205 Å². The van der Waals surface area contributed by atoms with Crippen LogP contribution in [0.5, 0.6) is 11.5 Å². The van der Waals surface area contributed by atoms with E-state index in [1.807, 2.05) is 0 Å². The Bertz CT molecular complexity index is 1180. The third-order valence-electron chi connectivity index (χ3n) is 6.19. The van der Waals surface area contributed by atoms with Crippen molar-refractivity contribution in [1.82, 2.24) is 20.4 Å². The Morgan fingerprint density at radius 2 is 1.94 bits per heavy atom. The molecule has 3 N–H and O–H groups in total. The van der Waals surface area contributed by atoms with Gasteiger partial charge in [0.05, 0.1) is 29.4 Å². The van der Waals surface area contributed by atoms with E-state index in [1.54, 1.807) is 37.4 Å². The van der Waals surface area contributed by atoms with Crippen LogP contribution in [-0.4, -0.2) is 65.8 Å². The first-order valence-corrected chi connectivity index (χ1v) is 12.0. The number of carbonyl (C=O) groups is 3. The third-order valence-corrected chi connectivity index (χ3v) is 7.41. The summed E-state index contributed by atoms with van der Waals surface area (Å²) >= 11 is 1.25. The summed E-state index contributed by atoms with van der Waals surface area (Å²) in [5.74, 6) is -0.470. The molecule has 3 aliphatic rings. The van der Waals surface area contributed by atoms with Crippen molar-refractivity contribution in [2.45, 2.75) is 17.7 Å². The third kappa shape index (κ3) is 4.51. The molecule has 2 aromatic carbocycles. The number of halogens is 1. The largest absolute Gasteiger partial charge is 0.454 e. The van der Waals surface area contributed by atoms with Crippen molar-refractivity contribution < 1.29 is 28.2 Å². The zero-order valence-corrected chi connectivity index (χ0v) is 19.8. The van der Waals surface area contributed by atoms with E-state index in [0.717, 1.165) is 4.90 Å². The van der Waals surface area contributed by atoms with E-state index >= 15 is 0 Å². The van der Waals surface area contributed by atoms with Gasteiger partial charge in [-0.25, -0.2) is 9.18 Å². The van der Waals surface area contributed by atoms with Crippen LogP contribution >= 0.6 is 11.8 Å². The summed E-state index contributed by atoms with van der Waals surface area (Å²) in [4.78, 5) is 40.9. The van der Waals surface area contributed by atoms with Crippen molar-refractivity contribution in [1.29, 1.82) is 0 Å². The van der Waals surface area contributed by atoms with Crippen LogP contribution in [0.25, 0.3) is 0 Å². The van der Waals surface area contributed by atoms with E-state index in [2.05, 4.69) is 16.0 Å². The zero-order valence-electron chi connectivity index (χ0n) is 19.0. The Morgan fingerprint density at radius 1 is 1.14 bits per heavy atom. The van der Waals surface area contributed by atoms with E-state index in [4.69, 9.17) is 9.47 Å². The van der Waals surface area contributed by atoms with Gasteiger partial charge in [0.1, 0.15) is 5.82 Å². The van der Waals surface area contributed by atoms with Crippen LogP contribution < -0.4 is 25.4 Å². The maximum Gasteiger partial charge on any atom is 0.327 e. The van der Waals surface area contributed by atoms with Crippen LogP contribution in [0.15, 0.2) is 42.5 Å². The fourth-order valence-corrected chi connectivity index (χ4v) is 5.52. The van der Waals surface area contributed by atoms with Crippen LogP contribution in [0, 0.1) is 11.7 Å². The topological polar surface area (TPSA) is 112 Å². The SMILES string of the molecule is CN1C(=O)C2C(SCC(=O)Nc3ccc4c(c3)OCO4)NC(c3cccc(F)c3)NC2N(C)C1=O. The molecular formula is C23H24FN5O5S. The number of nitrogens with zero attached hydrogens (tertiary/aromatic N) is 2. The molecule has 4 amide bonds. The molecule has 35 heavy (non-hydrogen) atoms. The van der Waals surface area contributed by atoms with Gasteiger partial charge in [0.15, 0.2) is 11.5 Å². The monoisotopic (exact) mass is 501 g/mol. The lowest BCUT2D eigenvalue weighted by Gasteiger charge is -2.50. The predicted molar refractivity (Wildman–Crippen MR) is 126 cm³/mol. The van der Waals surface area contributed by atoms with Crippen molar-refractivity contribution in [3.63, 3.8) is 0 Å². The first-order valence-electron chi connectivity index (χ1n) is 10.9. The number of benzene rings is 2. The minimum absolute atomic E-state index is 0.0415. The molecular weight excluding hydrogens is 477 g/mol. The summed E-state index contributed by atoms with van der Waals surface area (Å²) in [5, 5.41) is 8.87. The molecule has 4 atom stereocenters. The lowest BCUT2D eigenvalue weighted by Crippen LogP contribution is -2.72. The first kappa shape index (κ1) is 23.4. The molecule has 3 aliphatic heterocycles. The molecule has 0 radical (unpaired) electrons. The highest BCUT2D eigenvalue weighted by Crippen LogP contribution is 2.36. The number of nitrogens with one attached hydrogen (secondary N) is 3. The predicted octanol–water partition coefficient (Wildman–Crippen LogP) is 1.91. The number of urea groups is 1. The number of fused-ring (bicyclic) bond motifs is 2. The molecule has 4 unspecified atom stereocenters. The van der Waals surface area contributed by atoms with E-state index in [9.17, 15) is 18.8 Å². The quantitative estimate of drug-likeness (QED) is 0.570. The number of imide groups is 1. The maximum atomic E-state index is 13.9. The number of amides is 4. The molecule has 0 aliphatic carbocycles. The molecule has 2 aromatic rings. The molecule has 0 spiro atoms. The molecule has 2 saturated heterocycles. The van der Waals surface area contributed by atoms with Gasteiger partial charge in [0.2, 0.25) is 18.6 Å². The highest BCUT2D eigenvalue weighted by atomic mass is 32.2. The summed E-state index contributed by atoms with van der Waals surface area (Å²) < 4.78 is 24.5. The van der Waals surface area contributed by atoms with Crippen LogP contribution in [0.2, 0.25) is 0 Å². The molecule has 2 fully saturated rings. The number of thioether (sulfide) groups is 1. The van der Waals surface area contributed by atoms with Gasteiger partial charge < -0.3 is 19.7 Å². The summed E-state index contributed by atoms with van der Waals surface area (Å²) in [6.07, 6.45) is -1.16. The van der Waals surface area contributed by atoms with Crippen LogP contribution in [-0.2, 0) is 9.59 Å². The number of rotatable bonds is 5. The molecule has 3 heterocycles. The van der Waals surface area contributed by atoms with Crippen molar-refractivity contribution >= 4 is 35.3 Å². The van der Waals surface area contributed by atoms with Gasteiger partial charge in [-0.2, -0.15) is 0 Å². The summed E-state index contributed by atoms with van der Waals surface area (Å²) in [6, 6.07) is 10.8. The Kier molecular flexibility index (Phi) is 6.26. The number of carbonyl (C=O) groups excluding carboxylic acids is 3. The Hall–Kier alpha value is -3.35. The molecule has 0 aromatic heterocycles. The Balaban J connectivity index is 1.33. The van der Waals surface area contributed by atoms with Gasteiger partial charge in [-0.1, -0.05) is 12.1 Å². The minimum Gasteiger partial charge on any atom is -0.454 e. The van der Waals surface area contributed by atoms with Crippen molar-refractivity contribution in [3.05, 3.63) is 53.8 Å². The van der Waals surface area contributed by atoms with E-state index in [1.165, 1.54) is 35.8 Å². The highest BCUT2D eigenvalue weighted by molar-refractivity contribution is 8.00. The second-order valence-corrected chi connectivity index (χ2v) is 9.56. The van der Waals surface area contributed by atoms with Crippen LogP contribution in [0.3, 0.4) is 0 Å². The summed E-state index contributed by atoms with van der Waals surface area (Å²) in [7, 11) is 3.04. The summed E-state index contributed by atoms with van der Waals surface area (Å²) in [6.45, 7) is 0.137. The Morgan fingerprint density at radius 3 is 2.74 bits per heavy atom. The minimum atomic E-state index is -0.657. The average Bonchev–Trinajstić information content (AvgIpc) is 3.32. The highest BCUT2D eigenvalue weighted by Gasteiger charge is 2.51. The standard InChI is InChI=1S/C23H24FN5O5S/c1-28-20-18(22(31)29(2)23(28)32)21(27-19(26-20)12-4-3-5-13(24)8-12)35-10-17(30)25-14-6-7-15-16(9-14)34-11-33-15/h3-9,18-21,26-27H,10-11H2,1-2H3,(H,25,30). The van der Waals surface area contributed by atoms with Gasteiger partial charge in [-0.05, 0) is 29.8 Å². The van der Waals surface area contributed by atoms with Crippen LogP contribution in [0.1, 0.15) is 11.7 Å². The molecule has 184 valence electrons. The van der Waals surface area contributed by atoms with Gasteiger partial charge in [-0.3, -0.25) is 25.1 Å². The molecule has 0 saturated carbocycles. The first-order chi connectivity index (χ1) is 16.8. The molecule has 0 bridgehead atoms. The smallest absolute Gasteiger partial charge is 0.327 e.